The summed E-state index contributed by atoms with van der Waals surface area (Å²) >= 11 is 0. The predicted octanol–water partition coefficient (Wildman–Crippen LogP) is 4.31. The van der Waals surface area contributed by atoms with E-state index in [1.165, 1.54) is 43.5 Å². The number of halogens is 1. The van der Waals surface area contributed by atoms with Gasteiger partial charge in [0.1, 0.15) is 23.9 Å². The number of hydrogen-bond acceptors (Lipinski definition) is 5. The Kier molecular flexibility index (Phi) is 8.12. The summed E-state index contributed by atoms with van der Waals surface area (Å²) in [7, 11) is -1.08. The van der Waals surface area contributed by atoms with Gasteiger partial charge in [-0.3, -0.25) is 9.10 Å². The summed E-state index contributed by atoms with van der Waals surface area (Å²) < 4.78 is 51.6. The van der Waals surface area contributed by atoms with Crippen LogP contribution in [-0.4, -0.2) is 35.1 Å². The molecule has 0 spiro atoms. The fourth-order valence-corrected chi connectivity index (χ4v) is 4.85. The molecule has 0 aliphatic heterocycles. The van der Waals surface area contributed by atoms with Crippen molar-refractivity contribution >= 4 is 21.6 Å². The third-order valence-corrected chi connectivity index (χ3v) is 7.10. The lowest BCUT2D eigenvalue weighted by atomic mass is 10.0. The second kappa shape index (κ2) is 11.0. The number of ether oxygens (including phenoxy) is 2. The van der Waals surface area contributed by atoms with Gasteiger partial charge in [-0.2, -0.15) is 0 Å². The quantitative estimate of drug-likeness (QED) is 0.462. The first kappa shape index (κ1) is 25.0. The van der Waals surface area contributed by atoms with Crippen LogP contribution in [0.3, 0.4) is 0 Å². The minimum absolute atomic E-state index is 0.0207. The minimum Gasteiger partial charge on any atom is -0.497 e. The summed E-state index contributed by atoms with van der Waals surface area (Å²) in [6.45, 7) is 1.44. The van der Waals surface area contributed by atoms with Gasteiger partial charge >= 0.3 is 0 Å². The molecule has 0 bridgehead atoms. The van der Waals surface area contributed by atoms with Crippen LogP contribution in [0.15, 0.2) is 77.7 Å². The Bertz CT molecular complexity index is 1200. The van der Waals surface area contributed by atoms with Gasteiger partial charge in [0.15, 0.2) is 0 Å². The second-order valence-corrected chi connectivity index (χ2v) is 9.33. The molecule has 3 aromatic carbocycles. The summed E-state index contributed by atoms with van der Waals surface area (Å²) in [6.07, 6.45) is 0.597. The first-order chi connectivity index (χ1) is 16.3. The number of amides is 1. The van der Waals surface area contributed by atoms with Gasteiger partial charge < -0.3 is 14.8 Å². The topological polar surface area (TPSA) is 84.9 Å². The molecule has 0 radical (unpaired) electrons. The number of carbonyl (C=O) groups excluding carboxylic acids is 1. The average molecular weight is 487 g/mol. The van der Waals surface area contributed by atoms with Crippen LogP contribution in [0.1, 0.15) is 24.9 Å². The van der Waals surface area contributed by atoms with Crippen LogP contribution in [0.25, 0.3) is 0 Å². The smallest absolute Gasteiger partial charge is 0.264 e. The molecule has 1 unspecified atom stereocenters. The molecule has 3 rings (SSSR count). The highest BCUT2D eigenvalue weighted by Gasteiger charge is 2.28. The van der Waals surface area contributed by atoms with Crippen LogP contribution >= 0.6 is 0 Å². The number of benzene rings is 3. The highest BCUT2D eigenvalue weighted by molar-refractivity contribution is 7.92. The summed E-state index contributed by atoms with van der Waals surface area (Å²) in [5, 5.41) is 2.89. The maximum absolute atomic E-state index is 13.5. The molecule has 0 aliphatic carbocycles. The Labute approximate surface area is 199 Å². The van der Waals surface area contributed by atoms with Crippen LogP contribution in [0.5, 0.6) is 11.5 Å². The van der Waals surface area contributed by atoms with Crippen molar-refractivity contribution < 1.29 is 27.1 Å². The van der Waals surface area contributed by atoms with Crippen molar-refractivity contribution in [2.24, 2.45) is 0 Å². The van der Waals surface area contributed by atoms with E-state index >= 15 is 0 Å². The molecule has 0 aromatic heterocycles. The normalized spacial score (nSPS) is 12.0. The van der Waals surface area contributed by atoms with Gasteiger partial charge in [0.2, 0.25) is 5.91 Å². The standard InChI is InChI=1S/C25H27FN2O5S/c1-4-24(18-5-11-21(32-2)12-6-18)27-25(29)17-28(20-9-7-19(26)8-10-20)34(30,31)23-15-13-22(33-3)14-16-23/h5-16,24H,4,17H2,1-3H3,(H,27,29). The minimum atomic E-state index is -4.13. The van der Waals surface area contributed by atoms with E-state index in [0.717, 1.165) is 22.0 Å². The molecule has 180 valence electrons. The van der Waals surface area contributed by atoms with E-state index in [0.29, 0.717) is 17.9 Å². The zero-order valence-corrected chi connectivity index (χ0v) is 20.0. The molecule has 0 saturated heterocycles. The second-order valence-electron chi connectivity index (χ2n) is 7.47. The van der Waals surface area contributed by atoms with Crippen molar-refractivity contribution in [1.29, 1.82) is 0 Å². The molecule has 1 atom stereocenters. The molecular formula is C25H27FN2O5S. The van der Waals surface area contributed by atoms with Crippen molar-refractivity contribution in [1.82, 2.24) is 5.32 Å². The van der Waals surface area contributed by atoms with Crippen molar-refractivity contribution in [3.63, 3.8) is 0 Å². The van der Waals surface area contributed by atoms with Crippen molar-refractivity contribution in [2.45, 2.75) is 24.3 Å². The highest BCUT2D eigenvalue weighted by atomic mass is 32.2. The fraction of sp³-hybridized carbons (Fsp3) is 0.240. The summed E-state index contributed by atoms with van der Waals surface area (Å²) in [6, 6.07) is 17.7. The molecule has 34 heavy (non-hydrogen) atoms. The summed E-state index contributed by atoms with van der Waals surface area (Å²) in [5.74, 6) is 0.179. The molecule has 1 amide bonds. The largest absolute Gasteiger partial charge is 0.497 e. The van der Waals surface area contributed by atoms with Gasteiger partial charge in [-0.15, -0.1) is 0 Å². The van der Waals surface area contributed by atoms with Crippen LogP contribution < -0.4 is 19.1 Å². The van der Waals surface area contributed by atoms with E-state index in [4.69, 9.17) is 9.47 Å². The number of methoxy groups -OCH3 is 2. The Balaban J connectivity index is 1.88. The maximum atomic E-state index is 13.5. The molecule has 0 aliphatic rings. The van der Waals surface area contributed by atoms with Gasteiger partial charge in [0, 0.05) is 0 Å². The van der Waals surface area contributed by atoms with Gasteiger partial charge in [-0.05, 0) is 72.6 Å². The zero-order valence-electron chi connectivity index (χ0n) is 19.2. The van der Waals surface area contributed by atoms with Gasteiger partial charge in [-0.1, -0.05) is 19.1 Å². The van der Waals surface area contributed by atoms with Crippen LogP contribution in [0, 0.1) is 5.82 Å². The average Bonchev–Trinajstić information content (AvgIpc) is 2.86. The number of hydrogen-bond donors (Lipinski definition) is 1. The van der Waals surface area contributed by atoms with Gasteiger partial charge in [0.05, 0.1) is 30.8 Å². The van der Waals surface area contributed by atoms with E-state index in [2.05, 4.69) is 5.32 Å². The Morgan fingerprint density at radius 3 is 1.94 bits per heavy atom. The molecular weight excluding hydrogens is 459 g/mol. The van der Waals surface area contributed by atoms with E-state index in [1.807, 2.05) is 19.1 Å². The van der Waals surface area contributed by atoms with Crippen LogP contribution in [0.4, 0.5) is 10.1 Å². The van der Waals surface area contributed by atoms with E-state index in [-0.39, 0.29) is 16.6 Å². The third kappa shape index (κ3) is 5.85. The summed E-state index contributed by atoms with van der Waals surface area (Å²) in [5.41, 5.74) is 1.04. The Hall–Kier alpha value is -3.59. The molecule has 3 aromatic rings. The molecule has 0 heterocycles. The summed E-state index contributed by atoms with van der Waals surface area (Å²) in [4.78, 5) is 13.0. The van der Waals surface area contributed by atoms with Crippen molar-refractivity contribution in [3.05, 3.63) is 84.2 Å². The highest BCUT2D eigenvalue weighted by Crippen LogP contribution is 2.26. The predicted molar refractivity (Wildman–Crippen MR) is 128 cm³/mol. The SMILES string of the molecule is CCC(NC(=O)CN(c1ccc(F)cc1)S(=O)(=O)c1ccc(OC)cc1)c1ccc(OC)cc1. The third-order valence-electron chi connectivity index (χ3n) is 5.31. The number of nitrogens with zero attached hydrogens (tertiary/aromatic N) is 1. The van der Waals surface area contributed by atoms with Crippen LogP contribution in [0.2, 0.25) is 0 Å². The molecule has 0 saturated carbocycles. The molecule has 9 heteroatoms. The zero-order chi connectivity index (χ0) is 24.7. The number of carbonyl (C=O) groups is 1. The molecule has 0 fully saturated rings. The first-order valence-electron chi connectivity index (χ1n) is 10.6. The van der Waals surface area contributed by atoms with E-state index in [1.54, 1.807) is 19.2 Å². The lowest BCUT2D eigenvalue weighted by Crippen LogP contribution is -2.42. The Morgan fingerprint density at radius 2 is 1.44 bits per heavy atom. The first-order valence-corrected chi connectivity index (χ1v) is 12.1. The maximum Gasteiger partial charge on any atom is 0.264 e. The lowest BCUT2D eigenvalue weighted by molar-refractivity contribution is -0.120. The van der Waals surface area contributed by atoms with Crippen molar-refractivity contribution in [2.75, 3.05) is 25.1 Å². The lowest BCUT2D eigenvalue weighted by Gasteiger charge is -2.26. The number of sulfonamides is 1. The molecule has 7 nitrogen and oxygen atoms in total. The molecule has 1 N–H and O–H groups in total. The van der Waals surface area contributed by atoms with Crippen LogP contribution in [-0.2, 0) is 14.8 Å². The fourth-order valence-electron chi connectivity index (χ4n) is 3.43. The van der Waals surface area contributed by atoms with Gasteiger partial charge in [0.25, 0.3) is 10.0 Å². The van der Waals surface area contributed by atoms with E-state index < -0.39 is 28.3 Å². The number of anilines is 1. The number of nitrogens with one attached hydrogen (secondary N) is 1. The van der Waals surface area contributed by atoms with Gasteiger partial charge in [-0.25, -0.2) is 12.8 Å². The monoisotopic (exact) mass is 486 g/mol. The number of rotatable bonds is 10. The van der Waals surface area contributed by atoms with E-state index in [9.17, 15) is 17.6 Å². The Morgan fingerprint density at radius 1 is 0.912 bits per heavy atom. The van der Waals surface area contributed by atoms with Crippen molar-refractivity contribution in [3.8, 4) is 11.5 Å².